The van der Waals surface area contributed by atoms with Crippen molar-refractivity contribution in [2.45, 2.75) is 38.5 Å². The second-order valence-electron chi connectivity index (χ2n) is 5.30. The number of anilines is 1. The van der Waals surface area contributed by atoms with E-state index in [4.69, 9.17) is 11.6 Å². The molecule has 2 rings (SSSR count). The van der Waals surface area contributed by atoms with Crippen LogP contribution in [0.1, 0.15) is 32.3 Å². The van der Waals surface area contributed by atoms with Gasteiger partial charge in [-0.3, -0.25) is 0 Å². The van der Waals surface area contributed by atoms with Gasteiger partial charge in [-0.2, -0.15) is 11.8 Å². The highest BCUT2D eigenvalue weighted by atomic mass is 35.5. The molecule has 2 nitrogen and oxygen atoms in total. The third kappa shape index (κ3) is 4.31. The summed E-state index contributed by atoms with van der Waals surface area (Å²) in [5, 5.41) is 5.05. The second-order valence-corrected chi connectivity index (χ2v) is 7.12. The highest BCUT2D eigenvalue weighted by molar-refractivity contribution is 8.00. The van der Waals surface area contributed by atoms with Gasteiger partial charge in [-0.1, -0.05) is 31.5 Å². The van der Waals surface area contributed by atoms with Crippen molar-refractivity contribution in [2.24, 2.45) is 0 Å². The van der Waals surface area contributed by atoms with Gasteiger partial charge < -0.3 is 10.2 Å². The molecule has 20 heavy (non-hydrogen) atoms. The van der Waals surface area contributed by atoms with Crippen LogP contribution in [-0.2, 0) is 6.54 Å². The predicted molar refractivity (Wildman–Crippen MR) is 92.2 cm³/mol. The van der Waals surface area contributed by atoms with Crippen LogP contribution < -0.4 is 10.2 Å². The lowest BCUT2D eigenvalue weighted by atomic mass is 10.1. The maximum atomic E-state index is 6.43. The SMILES string of the molecule is CCCNCc1ccc(N2CCSC(CC)C2)cc1Cl. The number of nitrogens with one attached hydrogen (secondary N) is 1. The predicted octanol–water partition coefficient (Wildman–Crippen LogP) is 4.17. The molecule has 0 aliphatic carbocycles. The van der Waals surface area contributed by atoms with Crippen molar-refractivity contribution in [2.75, 3.05) is 30.3 Å². The van der Waals surface area contributed by atoms with Gasteiger partial charge in [0.15, 0.2) is 0 Å². The molecule has 1 heterocycles. The Morgan fingerprint density at radius 3 is 2.95 bits per heavy atom. The van der Waals surface area contributed by atoms with E-state index in [9.17, 15) is 0 Å². The van der Waals surface area contributed by atoms with Crippen LogP contribution in [0.5, 0.6) is 0 Å². The van der Waals surface area contributed by atoms with E-state index in [1.165, 1.54) is 23.4 Å². The quantitative estimate of drug-likeness (QED) is 0.794. The summed E-state index contributed by atoms with van der Waals surface area (Å²) in [5.74, 6) is 1.22. The minimum atomic E-state index is 0.758. The van der Waals surface area contributed by atoms with Gasteiger partial charge in [-0.05, 0) is 37.1 Å². The Kier molecular flexibility index (Phi) is 6.53. The lowest BCUT2D eigenvalue weighted by Gasteiger charge is -2.34. The van der Waals surface area contributed by atoms with Gasteiger partial charge in [0.25, 0.3) is 0 Å². The second kappa shape index (κ2) is 8.16. The Labute approximate surface area is 132 Å². The summed E-state index contributed by atoms with van der Waals surface area (Å²) >= 11 is 8.52. The smallest absolute Gasteiger partial charge is 0.0471 e. The summed E-state index contributed by atoms with van der Waals surface area (Å²) < 4.78 is 0. The van der Waals surface area contributed by atoms with Gasteiger partial charge in [-0.25, -0.2) is 0 Å². The first-order valence-corrected chi connectivity index (χ1v) is 9.03. The van der Waals surface area contributed by atoms with Crippen LogP contribution in [0.2, 0.25) is 5.02 Å². The molecule has 0 radical (unpaired) electrons. The molecule has 1 aliphatic heterocycles. The summed E-state index contributed by atoms with van der Waals surface area (Å²) in [6.07, 6.45) is 2.40. The van der Waals surface area contributed by atoms with Crippen LogP contribution >= 0.6 is 23.4 Å². The average Bonchev–Trinajstić information content (AvgIpc) is 2.49. The van der Waals surface area contributed by atoms with Crippen molar-refractivity contribution in [1.82, 2.24) is 5.32 Å². The number of rotatable bonds is 6. The molecule has 1 aromatic rings. The van der Waals surface area contributed by atoms with E-state index in [2.05, 4.69) is 54.0 Å². The maximum Gasteiger partial charge on any atom is 0.0471 e. The first kappa shape index (κ1) is 16.0. The molecule has 1 saturated heterocycles. The summed E-state index contributed by atoms with van der Waals surface area (Å²) in [6.45, 7) is 8.63. The highest BCUT2D eigenvalue weighted by Crippen LogP contribution is 2.29. The zero-order valence-electron chi connectivity index (χ0n) is 12.5. The van der Waals surface area contributed by atoms with E-state index in [-0.39, 0.29) is 0 Å². The normalized spacial score (nSPS) is 19.4. The zero-order chi connectivity index (χ0) is 14.4. The number of thioether (sulfide) groups is 1. The van der Waals surface area contributed by atoms with Crippen molar-refractivity contribution < 1.29 is 0 Å². The molecular formula is C16H25ClN2S. The van der Waals surface area contributed by atoms with Gasteiger partial charge in [0.2, 0.25) is 0 Å². The Hall–Kier alpha value is -0.380. The molecule has 112 valence electrons. The van der Waals surface area contributed by atoms with Crippen LogP contribution in [0.15, 0.2) is 18.2 Å². The highest BCUT2D eigenvalue weighted by Gasteiger charge is 2.19. The maximum absolute atomic E-state index is 6.43. The van der Waals surface area contributed by atoms with E-state index < -0.39 is 0 Å². The van der Waals surface area contributed by atoms with Crippen molar-refractivity contribution >= 4 is 29.1 Å². The van der Waals surface area contributed by atoms with E-state index in [1.807, 2.05) is 0 Å². The van der Waals surface area contributed by atoms with Gasteiger partial charge in [0.1, 0.15) is 0 Å². The number of nitrogens with zero attached hydrogens (tertiary/aromatic N) is 1. The van der Waals surface area contributed by atoms with Crippen molar-refractivity contribution in [3.05, 3.63) is 28.8 Å². The molecule has 0 amide bonds. The Morgan fingerprint density at radius 1 is 1.40 bits per heavy atom. The lowest BCUT2D eigenvalue weighted by molar-refractivity contribution is 0.675. The largest absolute Gasteiger partial charge is 0.370 e. The molecule has 0 aromatic heterocycles. The fourth-order valence-electron chi connectivity index (χ4n) is 2.48. The minimum Gasteiger partial charge on any atom is -0.370 e. The van der Waals surface area contributed by atoms with E-state index in [1.54, 1.807) is 0 Å². The molecule has 0 saturated carbocycles. The summed E-state index contributed by atoms with van der Waals surface area (Å²) in [5.41, 5.74) is 2.47. The van der Waals surface area contributed by atoms with E-state index in [0.29, 0.717) is 0 Å². The van der Waals surface area contributed by atoms with Crippen molar-refractivity contribution in [3.8, 4) is 0 Å². The van der Waals surface area contributed by atoms with Crippen LogP contribution in [0.25, 0.3) is 0 Å². The lowest BCUT2D eigenvalue weighted by Crippen LogP contribution is -2.37. The first-order valence-electron chi connectivity index (χ1n) is 7.60. The van der Waals surface area contributed by atoms with Crippen LogP contribution in [-0.4, -0.2) is 30.6 Å². The fourth-order valence-corrected chi connectivity index (χ4v) is 3.90. The Balaban J connectivity index is 2.00. The van der Waals surface area contributed by atoms with Gasteiger partial charge >= 0.3 is 0 Å². The minimum absolute atomic E-state index is 0.758. The Morgan fingerprint density at radius 2 is 2.25 bits per heavy atom. The van der Waals surface area contributed by atoms with Crippen molar-refractivity contribution in [3.63, 3.8) is 0 Å². The molecule has 1 aliphatic rings. The molecule has 1 aromatic carbocycles. The number of halogens is 1. The molecule has 1 fully saturated rings. The van der Waals surface area contributed by atoms with Crippen LogP contribution in [0.3, 0.4) is 0 Å². The molecule has 4 heteroatoms. The molecule has 1 N–H and O–H groups in total. The van der Waals surface area contributed by atoms with E-state index >= 15 is 0 Å². The zero-order valence-corrected chi connectivity index (χ0v) is 14.1. The fraction of sp³-hybridized carbons (Fsp3) is 0.625. The van der Waals surface area contributed by atoms with Gasteiger partial charge in [0.05, 0.1) is 0 Å². The third-order valence-corrected chi connectivity index (χ3v) is 5.46. The van der Waals surface area contributed by atoms with E-state index in [0.717, 1.165) is 42.9 Å². The monoisotopic (exact) mass is 312 g/mol. The number of hydrogen-bond acceptors (Lipinski definition) is 3. The third-order valence-electron chi connectivity index (χ3n) is 3.74. The van der Waals surface area contributed by atoms with Crippen LogP contribution in [0, 0.1) is 0 Å². The Bertz CT molecular complexity index is 425. The van der Waals surface area contributed by atoms with Crippen molar-refractivity contribution in [1.29, 1.82) is 0 Å². The molecule has 1 atom stereocenters. The summed E-state index contributed by atoms with van der Waals surface area (Å²) in [4.78, 5) is 2.47. The molecular weight excluding hydrogens is 288 g/mol. The average molecular weight is 313 g/mol. The standard InChI is InChI=1S/C16H25ClN2S/c1-3-7-18-11-13-5-6-14(10-16(13)17)19-8-9-20-15(4-2)12-19/h5-6,10,15,18H,3-4,7-9,11-12H2,1-2H3. The topological polar surface area (TPSA) is 15.3 Å². The summed E-state index contributed by atoms with van der Waals surface area (Å²) in [6, 6.07) is 6.52. The van der Waals surface area contributed by atoms with Crippen LogP contribution in [0.4, 0.5) is 5.69 Å². The number of hydrogen-bond donors (Lipinski definition) is 1. The summed E-state index contributed by atoms with van der Waals surface area (Å²) in [7, 11) is 0. The first-order chi connectivity index (χ1) is 9.74. The van der Waals surface area contributed by atoms with Gasteiger partial charge in [0, 0.05) is 41.3 Å². The molecule has 0 spiro atoms. The molecule has 0 bridgehead atoms. The molecule has 1 unspecified atom stereocenters. The number of benzene rings is 1. The van der Waals surface area contributed by atoms with Gasteiger partial charge in [-0.15, -0.1) is 0 Å².